The number of benzene rings is 1. The van der Waals surface area contributed by atoms with Crippen LogP contribution in [0.1, 0.15) is 12.2 Å². The first kappa shape index (κ1) is 14.5. The molecule has 104 valence electrons. The molecule has 2 rings (SSSR count). The van der Waals surface area contributed by atoms with Crippen molar-refractivity contribution >= 4 is 32.8 Å². The smallest absolute Gasteiger partial charge is 0.303 e. The van der Waals surface area contributed by atoms with Gasteiger partial charge in [0.25, 0.3) is 5.56 Å². The third-order valence-electron chi connectivity index (χ3n) is 2.83. The van der Waals surface area contributed by atoms with Gasteiger partial charge in [0.05, 0.1) is 23.9 Å². The summed E-state index contributed by atoms with van der Waals surface area (Å²) < 4.78 is 2.09. The molecule has 2 aromatic rings. The zero-order valence-electron chi connectivity index (χ0n) is 10.7. The van der Waals surface area contributed by atoms with Crippen LogP contribution in [0.5, 0.6) is 0 Å². The Labute approximate surface area is 123 Å². The van der Waals surface area contributed by atoms with E-state index in [1.165, 1.54) is 4.57 Å². The van der Waals surface area contributed by atoms with E-state index in [2.05, 4.69) is 27.5 Å². The average Bonchev–Trinajstić information content (AvgIpc) is 2.39. The highest BCUT2D eigenvalue weighted by Gasteiger charge is 2.12. The fourth-order valence-corrected chi connectivity index (χ4v) is 2.21. The van der Waals surface area contributed by atoms with E-state index in [-0.39, 0.29) is 24.9 Å². The number of aromatic nitrogens is 2. The highest BCUT2D eigenvalue weighted by molar-refractivity contribution is 9.11. The van der Waals surface area contributed by atoms with Crippen molar-refractivity contribution in [3.05, 3.63) is 51.5 Å². The van der Waals surface area contributed by atoms with Crippen molar-refractivity contribution in [1.82, 2.24) is 9.55 Å². The minimum absolute atomic E-state index is 0.0699. The maximum Gasteiger partial charge on any atom is 0.303 e. The van der Waals surface area contributed by atoms with Crippen LogP contribution in [0.25, 0.3) is 10.9 Å². The molecule has 0 spiro atoms. The van der Waals surface area contributed by atoms with Crippen molar-refractivity contribution in [2.75, 3.05) is 0 Å². The number of hydrogen-bond donors (Lipinski definition) is 1. The molecule has 0 saturated heterocycles. The number of allylic oxidation sites excluding steroid dienone is 1. The summed E-state index contributed by atoms with van der Waals surface area (Å²) in [4.78, 5) is 27.6. The molecule has 0 fully saturated rings. The van der Waals surface area contributed by atoms with Gasteiger partial charge in [-0.05, 0) is 12.1 Å². The fraction of sp³-hybridized carbons (Fsp3) is 0.214. The molecule has 0 aliphatic carbocycles. The second kappa shape index (κ2) is 6.00. The monoisotopic (exact) mass is 336 g/mol. The number of para-hydroxylation sites is 1. The first-order valence-electron chi connectivity index (χ1n) is 6.02. The molecule has 0 unspecified atom stereocenters. The van der Waals surface area contributed by atoms with E-state index in [1.807, 2.05) is 0 Å². The molecule has 0 aliphatic heterocycles. The molecule has 0 bridgehead atoms. The van der Waals surface area contributed by atoms with Crippen LogP contribution < -0.4 is 5.56 Å². The van der Waals surface area contributed by atoms with Crippen molar-refractivity contribution in [3.8, 4) is 0 Å². The Hall–Kier alpha value is -1.95. The van der Waals surface area contributed by atoms with Gasteiger partial charge in [0, 0.05) is 10.9 Å². The molecule has 5 nitrogen and oxygen atoms in total. The number of nitrogens with zero attached hydrogens (tertiary/aromatic N) is 2. The maximum absolute atomic E-state index is 12.4. The van der Waals surface area contributed by atoms with Gasteiger partial charge in [0.2, 0.25) is 0 Å². The van der Waals surface area contributed by atoms with E-state index >= 15 is 0 Å². The largest absolute Gasteiger partial charge is 0.481 e. The second-order valence-electron chi connectivity index (χ2n) is 4.35. The average molecular weight is 337 g/mol. The Bertz CT molecular complexity index is 737. The lowest BCUT2D eigenvalue weighted by Gasteiger charge is -2.12. The topological polar surface area (TPSA) is 72.2 Å². The molecule has 0 atom stereocenters. The van der Waals surface area contributed by atoms with Crippen molar-refractivity contribution in [2.45, 2.75) is 19.4 Å². The molecule has 1 heterocycles. The van der Waals surface area contributed by atoms with Gasteiger partial charge >= 0.3 is 5.97 Å². The van der Waals surface area contributed by atoms with Gasteiger partial charge in [-0.3, -0.25) is 14.2 Å². The molecular formula is C14H13BrN2O3. The Balaban J connectivity index is 2.59. The zero-order valence-corrected chi connectivity index (χ0v) is 12.3. The molecule has 0 aliphatic rings. The first-order valence-corrected chi connectivity index (χ1v) is 6.82. The highest BCUT2D eigenvalue weighted by atomic mass is 79.9. The lowest BCUT2D eigenvalue weighted by atomic mass is 10.2. The molecule has 1 aromatic heterocycles. The van der Waals surface area contributed by atoms with E-state index < -0.39 is 5.97 Å². The quantitative estimate of drug-likeness (QED) is 0.909. The van der Waals surface area contributed by atoms with Gasteiger partial charge < -0.3 is 5.11 Å². The summed E-state index contributed by atoms with van der Waals surface area (Å²) in [7, 11) is 0. The molecule has 0 saturated carbocycles. The van der Waals surface area contributed by atoms with Crippen LogP contribution in [-0.2, 0) is 17.8 Å². The zero-order chi connectivity index (χ0) is 14.7. The molecular weight excluding hydrogens is 324 g/mol. The van der Waals surface area contributed by atoms with Crippen LogP contribution in [0, 0.1) is 0 Å². The Morgan fingerprint density at radius 1 is 1.40 bits per heavy atom. The van der Waals surface area contributed by atoms with E-state index in [4.69, 9.17) is 5.11 Å². The number of rotatable bonds is 5. The molecule has 20 heavy (non-hydrogen) atoms. The number of hydrogen-bond acceptors (Lipinski definition) is 3. The predicted molar refractivity (Wildman–Crippen MR) is 80.0 cm³/mol. The molecule has 0 radical (unpaired) electrons. The number of halogens is 1. The third kappa shape index (κ3) is 3.14. The molecule has 1 aromatic carbocycles. The third-order valence-corrected chi connectivity index (χ3v) is 3.08. The van der Waals surface area contributed by atoms with Gasteiger partial charge in [-0.2, -0.15) is 0 Å². The van der Waals surface area contributed by atoms with Crippen LogP contribution in [0.4, 0.5) is 0 Å². The summed E-state index contributed by atoms with van der Waals surface area (Å²) in [6, 6.07) is 7.02. The Morgan fingerprint density at radius 3 is 2.75 bits per heavy atom. The summed E-state index contributed by atoms with van der Waals surface area (Å²) in [5.41, 5.74) is 0.394. The maximum atomic E-state index is 12.4. The van der Waals surface area contributed by atoms with Gasteiger partial charge in [-0.15, -0.1) is 0 Å². The minimum Gasteiger partial charge on any atom is -0.481 e. The number of fused-ring (bicyclic) bond motifs is 1. The Morgan fingerprint density at radius 2 is 2.10 bits per heavy atom. The normalized spacial score (nSPS) is 10.7. The minimum atomic E-state index is -0.920. The van der Waals surface area contributed by atoms with Crippen molar-refractivity contribution < 1.29 is 9.90 Å². The number of carboxylic acids is 1. The predicted octanol–water partition coefficient (Wildman–Crippen LogP) is 2.32. The first-order chi connectivity index (χ1) is 9.49. The number of carbonyl (C=O) groups is 1. The molecule has 6 heteroatoms. The Kier molecular flexibility index (Phi) is 4.34. The number of aryl methyl sites for hydroxylation is 1. The van der Waals surface area contributed by atoms with Gasteiger partial charge in [-0.25, -0.2) is 4.98 Å². The second-order valence-corrected chi connectivity index (χ2v) is 5.47. The lowest BCUT2D eigenvalue weighted by molar-refractivity contribution is -0.137. The summed E-state index contributed by atoms with van der Waals surface area (Å²) >= 11 is 3.23. The lowest BCUT2D eigenvalue weighted by Crippen LogP contribution is -2.26. The van der Waals surface area contributed by atoms with Gasteiger partial charge in [-0.1, -0.05) is 34.6 Å². The van der Waals surface area contributed by atoms with E-state index in [9.17, 15) is 9.59 Å². The van der Waals surface area contributed by atoms with Crippen LogP contribution in [0.15, 0.2) is 40.1 Å². The van der Waals surface area contributed by atoms with E-state index in [1.54, 1.807) is 24.3 Å². The van der Waals surface area contributed by atoms with Crippen molar-refractivity contribution in [1.29, 1.82) is 0 Å². The SMILES string of the molecule is C=C(Br)Cn1c(CCC(=O)O)nc2ccccc2c1=O. The summed E-state index contributed by atoms with van der Waals surface area (Å²) in [5, 5.41) is 9.30. The highest BCUT2D eigenvalue weighted by Crippen LogP contribution is 2.12. The number of aliphatic carboxylic acids is 1. The van der Waals surface area contributed by atoms with Crippen LogP contribution in [-0.4, -0.2) is 20.6 Å². The summed E-state index contributed by atoms with van der Waals surface area (Å²) in [5.74, 6) is -0.465. The standard InChI is InChI=1S/C14H13BrN2O3/c1-9(15)8-17-12(6-7-13(18)19)16-11-5-3-2-4-10(11)14(17)20/h2-5H,1,6-8H2,(H,18,19). The van der Waals surface area contributed by atoms with Crippen molar-refractivity contribution in [2.24, 2.45) is 0 Å². The van der Waals surface area contributed by atoms with E-state index in [0.29, 0.717) is 21.2 Å². The molecule has 1 N–H and O–H groups in total. The van der Waals surface area contributed by atoms with Crippen LogP contribution in [0.3, 0.4) is 0 Å². The van der Waals surface area contributed by atoms with Gasteiger partial charge in [0.1, 0.15) is 5.82 Å². The van der Waals surface area contributed by atoms with Crippen LogP contribution in [0.2, 0.25) is 0 Å². The molecule has 0 amide bonds. The number of carboxylic acid groups (broad SMARTS) is 1. The summed E-state index contributed by atoms with van der Waals surface area (Å²) in [6.45, 7) is 3.99. The fourth-order valence-electron chi connectivity index (χ4n) is 1.96. The summed E-state index contributed by atoms with van der Waals surface area (Å²) in [6.07, 6.45) is 0.134. The van der Waals surface area contributed by atoms with Gasteiger partial charge in [0.15, 0.2) is 0 Å². The van der Waals surface area contributed by atoms with Crippen LogP contribution >= 0.6 is 15.9 Å². The van der Waals surface area contributed by atoms with Crippen molar-refractivity contribution in [3.63, 3.8) is 0 Å². The van der Waals surface area contributed by atoms with E-state index in [0.717, 1.165) is 0 Å².